The Labute approximate surface area is 145 Å². The maximum Gasteiger partial charge on any atom is 0.323 e. The molecule has 1 N–H and O–H groups in total. The highest BCUT2D eigenvalue weighted by atomic mass is 19.3. The Morgan fingerprint density at radius 3 is 2.50 bits per heavy atom. The van der Waals surface area contributed by atoms with Gasteiger partial charge in [0.25, 0.3) is 5.92 Å². The largest absolute Gasteiger partial charge is 0.323 e. The van der Waals surface area contributed by atoms with Crippen LogP contribution < -0.4 is 5.32 Å². The molecule has 0 saturated carbocycles. The third-order valence-electron chi connectivity index (χ3n) is 3.89. The van der Waals surface area contributed by atoms with Crippen LogP contribution in [-0.2, 0) is 0 Å². The molecule has 1 aromatic carbocycles. The molecule has 2 aromatic rings. The quantitative estimate of drug-likeness (QED) is 0.663. The standard InChI is InChI=1S/C16H13F3N4O3/c17-11-3-1-10(2-4-11)12-5-6-13(23(25)26)14(20-12)21-15(24)22-8-7-16(18,19)9-22/h1-6H,7-9H2,(H,20,21,24). The van der Waals surface area contributed by atoms with Crippen molar-refractivity contribution >= 4 is 17.5 Å². The minimum Gasteiger partial charge on any atom is -0.318 e. The van der Waals surface area contributed by atoms with E-state index in [1.54, 1.807) is 0 Å². The first-order chi connectivity index (χ1) is 12.2. The van der Waals surface area contributed by atoms with E-state index in [9.17, 15) is 28.1 Å². The minimum atomic E-state index is -2.98. The number of anilines is 1. The molecule has 0 bridgehead atoms. The number of amides is 2. The van der Waals surface area contributed by atoms with Crippen molar-refractivity contribution in [1.29, 1.82) is 0 Å². The van der Waals surface area contributed by atoms with Gasteiger partial charge in [-0.1, -0.05) is 0 Å². The van der Waals surface area contributed by atoms with Crippen LogP contribution in [0.4, 0.5) is 29.5 Å². The summed E-state index contributed by atoms with van der Waals surface area (Å²) in [7, 11) is 0. The number of carbonyl (C=O) groups excluding carboxylic acids is 1. The predicted octanol–water partition coefficient (Wildman–Crippen LogP) is 3.67. The van der Waals surface area contributed by atoms with Gasteiger partial charge in [0.15, 0.2) is 0 Å². The first-order valence-corrected chi connectivity index (χ1v) is 7.60. The fourth-order valence-electron chi connectivity index (χ4n) is 2.56. The fraction of sp³-hybridized carbons (Fsp3) is 0.250. The topological polar surface area (TPSA) is 88.4 Å². The Balaban J connectivity index is 1.88. The van der Waals surface area contributed by atoms with Crippen molar-refractivity contribution in [2.45, 2.75) is 12.3 Å². The number of hydrogen-bond acceptors (Lipinski definition) is 4. The summed E-state index contributed by atoms with van der Waals surface area (Å²) in [6, 6.07) is 6.84. The van der Waals surface area contributed by atoms with Crippen LogP contribution in [0.5, 0.6) is 0 Å². The monoisotopic (exact) mass is 366 g/mol. The van der Waals surface area contributed by atoms with E-state index in [4.69, 9.17) is 0 Å². The molecule has 1 aliphatic rings. The smallest absolute Gasteiger partial charge is 0.318 e. The Bertz CT molecular complexity index is 858. The molecule has 7 nitrogen and oxygen atoms in total. The van der Waals surface area contributed by atoms with Gasteiger partial charge < -0.3 is 4.90 Å². The van der Waals surface area contributed by atoms with E-state index < -0.39 is 41.3 Å². The Morgan fingerprint density at radius 1 is 1.23 bits per heavy atom. The number of nitrogens with zero attached hydrogens (tertiary/aromatic N) is 3. The number of pyridine rings is 1. The van der Waals surface area contributed by atoms with Crippen LogP contribution >= 0.6 is 0 Å². The second kappa shape index (κ2) is 6.62. The van der Waals surface area contributed by atoms with Crippen molar-refractivity contribution in [3.05, 3.63) is 52.3 Å². The normalized spacial score (nSPS) is 15.7. The van der Waals surface area contributed by atoms with Crippen LogP contribution in [0.2, 0.25) is 0 Å². The molecule has 1 saturated heterocycles. The Morgan fingerprint density at radius 2 is 1.92 bits per heavy atom. The molecule has 136 valence electrons. The molecule has 2 heterocycles. The number of likely N-dealkylation sites (tertiary alicyclic amines) is 1. The van der Waals surface area contributed by atoms with Crippen LogP contribution in [0.15, 0.2) is 36.4 Å². The molecule has 0 unspecified atom stereocenters. The van der Waals surface area contributed by atoms with Gasteiger partial charge in [-0.05, 0) is 30.3 Å². The van der Waals surface area contributed by atoms with Gasteiger partial charge in [-0.2, -0.15) is 0 Å². The number of aromatic nitrogens is 1. The van der Waals surface area contributed by atoms with Crippen molar-refractivity contribution < 1.29 is 22.9 Å². The van der Waals surface area contributed by atoms with Crippen molar-refractivity contribution in [2.24, 2.45) is 0 Å². The van der Waals surface area contributed by atoms with E-state index in [0.29, 0.717) is 5.56 Å². The number of carbonyl (C=O) groups is 1. The molecule has 2 amide bonds. The van der Waals surface area contributed by atoms with E-state index >= 15 is 0 Å². The lowest BCUT2D eigenvalue weighted by Gasteiger charge is -2.16. The average molecular weight is 366 g/mol. The summed E-state index contributed by atoms with van der Waals surface area (Å²) in [5.41, 5.74) is 0.261. The summed E-state index contributed by atoms with van der Waals surface area (Å²) < 4.78 is 39.5. The number of alkyl halides is 2. The lowest BCUT2D eigenvalue weighted by Crippen LogP contribution is -2.35. The van der Waals surface area contributed by atoms with E-state index in [0.717, 1.165) is 11.0 Å². The molecule has 26 heavy (non-hydrogen) atoms. The Kier molecular flexibility index (Phi) is 4.49. The SMILES string of the molecule is O=C(Nc1nc(-c2ccc(F)cc2)ccc1[N+](=O)[O-])N1CCC(F)(F)C1. The van der Waals surface area contributed by atoms with Gasteiger partial charge in [-0.25, -0.2) is 22.9 Å². The van der Waals surface area contributed by atoms with Gasteiger partial charge >= 0.3 is 11.7 Å². The summed E-state index contributed by atoms with van der Waals surface area (Å²) >= 11 is 0. The zero-order chi connectivity index (χ0) is 18.9. The molecule has 3 rings (SSSR count). The van der Waals surface area contributed by atoms with Gasteiger partial charge in [0, 0.05) is 24.6 Å². The van der Waals surface area contributed by atoms with Crippen LogP contribution in [-0.4, -0.2) is 39.9 Å². The Hall–Kier alpha value is -3.17. The summed E-state index contributed by atoms with van der Waals surface area (Å²) in [6.45, 7) is -0.922. The van der Waals surface area contributed by atoms with Crippen LogP contribution in [0.1, 0.15) is 6.42 Å². The average Bonchev–Trinajstić information content (AvgIpc) is 2.95. The highest BCUT2D eigenvalue weighted by Crippen LogP contribution is 2.30. The molecule has 1 fully saturated rings. The zero-order valence-electron chi connectivity index (χ0n) is 13.3. The zero-order valence-corrected chi connectivity index (χ0v) is 13.3. The molecule has 0 radical (unpaired) electrons. The maximum absolute atomic E-state index is 13.2. The number of hydrogen-bond donors (Lipinski definition) is 1. The van der Waals surface area contributed by atoms with Crippen molar-refractivity contribution in [1.82, 2.24) is 9.88 Å². The first-order valence-electron chi connectivity index (χ1n) is 7.60. The number of benzene rings is 1. The van der Waals surface area contributed by atoms with Crippen molar-refractivity contribution in [3.8, 4) is 11.3 Å². The molecule has 1 aliphatic heterocycles. The number of halogens is 3. The second-order valence-corrected chi connectivity index (χ2v) is 5.79. The molecule has 0 atom stereocenters. The van der Waals surface area contributed by atoms with Gasteiger partial charge in [-0.3, -0.25) is 15.4 Å². The van der Waals surface area contributed by atoms with Crippen molar-refractivity contribution in [3.63, 3.8) is 0 Å². The summed E-state index contributed by atoms with van der Waals surface area (Å²) in [5.74, 6) is -3.80. The lowest BCUT2D eigenvalue weighted by atomic mass is 10.1. The minimum absolute atomic E-state index is 0.162. The van der Waals surface area contributed by atoms with Gasteiger partial charge in [0.1, 0.15) is 5.82 Å². The third kappa shape index (κ3) is 3.73. The highest BCUT2D eigenvalue weighted by Gasteiger charge is 2.40. The van der Waals surface area contributed by atoms with Crippen LogP contribution in [0, 0.1) is 15.9 Å². The van der Waals surface area contributed by atoms with Crippen molar-refractivity contribution in [2.75, 3.05) is 18.4 Å². The third-order valence-corrected chi connectivity index (χ3v) is 3.89. The summed E-state index contributed by atoms with van der Waals surface area (Å²) in [6.07, 6.45) is -0.467. The highest BCUT2D eigenvalue weighted by molar-refractivity contribution is 5.91. The van der Waals surface area contributed by atoms with Gasteiger partial charge in [0.05, 0.1) is 17.2 Å². The lowest BCUT2D eigenvalue weighted by molar-refractivity contribution is -0.384. The first kappa shape index (κ1) is 17.6. The molecular formula is C16H13F3N4O3. The second-order valence-electron chi connectivity index (χ2n) is 5.79. The molecule has 10 heteroatoms. The number of nitrogens with one attached hydrogen (secondary N) is 1. The number of rotatable bonds is 3. The number of nitro groups is 1. The van der Waals surface area contributed by atoms with Gasteiger partial charge in [0.2, 0.25) is 5.82 Å². The molecule has 0 aliphatic carbocycles. The van der Waals surface area contributed by atoms with E-state index in [1.165, 1.54) is 30.3 Å². The van der Waals surface area contributed by atoms with E-state index in [2.05, 4.69) is 10.3 Å². The number of urea groups is 1. The molecule has 0 spiro atoms. The fourth-order valence-corrected chi connectivity index (χ4v) is 2.56. The molecular weight excluding hydrogens is 353 g/mol. The maximum atomic E-state index is 13.2. The predicted molar refractivity (Wildman–Crippen MR) is 86.4 cm³/mol. The van der Waals surface area contributed by atoms with E-state index in [-0.39, 0.29) is 18.1 Å². The van der Waals surface area contributed by atoms with Gasteiger partial charge in [-0.15, -0.1) is 0 Å². The summed E-state index contributed by atoms with van der Waals surface area (Å²) in [4.78, 5) is 27.5. The summed E-state index contributed by atoms with van der Waals surface area (Å²) in [5, 5.41) is 13.4. The van der Waals surface area contributed by atoms with Crippen LogP contribution in [0.25, 0.3) is 11.3 Å². The van der Waals surface area contributed by atoms with E-state index in [1.807, 2.05) is 0 Å². The van der Waals surface area contributed by atoms with Crippen LogP contribution in [0.3, 0.4) is 0 Å². The molecule has 1 aromatic heterocycles.